The van der Waals surface area contributed by atoms with Crippen LogP contribution < -0.4 is 11.3 Å². The molecule has 3 N–H and O–H groups in total. The van der Waals surface area contributed by atoms with Crippen molar-refractivity contribution in [2.45, 2.75) is 44.2 Å². The van der Waals surface area contributed by atoms with E-state index in [0.29, 0.717) is 11.2 Å². The number of pyridine rings is 1. The fourth-order valence-electron chi connectivity index (χ4n) is 2.97. The van der Waals surface area contributed by atoms with Crippen molar-refractivity contribution in [1.29, 1.82) is 0 Å². The summed E-state index contributed by atoms with van der Waals surface area (Å²) < 4.78 is 2.11. The molecule has 1 aliphatic rings. The zero-order chi connectivity index (χ0) is 14.7. The number of aromatic nitrogens is 3. The Bertz CT molecular complexity index is 591. The van der Waals surface area contributed by atoms with Crippen LogP contribution in [0.2, 0.25) is 5.15 Å². The van der Waals surface area contributed by atoms with Gasteiger partial charge < -0.3 is 0 Å². The highest BCUT2D eigenvalue weighted by atomic mass is 35.5. The van der Waals surface area contributed by atoms with E-state index in [0.717, 1.165) is 17.7 Å². The lowest BCUT2D eigenvalue weighted by Crippen LogP contribution is -2.29. The third-order valence-corrected chi connectivity index (χ3v) is 4.34. The maximum Gasteiger partial charge on any atom is 0.129 e. The minimum Gasteiger partial charge on any atom is -0.271 e. The maximum atomic E-state index is 5.94. The number of rotatable bonds is 5. The molecule has 1 saturated carbocycles. The van der Waals surface area contributed by atoms with Crippen molar-refractivity contribution in [2.24, 2.45) is 5.84 Å². The molecule has 0 radical (unpaired) electrons. The molecule has 2 heterocycles. The lowest BCUT2D eigenvalue weighted by molar-refractivity contribution is 0.457. The second kappa shape index (κ2) is 6.56. The van der Waals surface area contributed by atoms with Crippen molar-refractivity contribution in [3.8, 4) is 0 Å². The monoisotopic (exact) mass is 305 g/mol. The van der Waals surface area contributed by atoms with Crippen LogP contribution in [-0.2, 0) is 6.42 Å². The minimum absolute atomic E-state index is 0.0163. The third-order valence-electron chi connectivity index (χ3n) is 4.13. The summed E-state index contributed by atoms with van der Waals surface area (Å²) in [6.45, 7) is 0. The van der Waals surface area contributed by atoms with E-state index < -0.39 is 0 Å². The highest BCUT2D eigenvalue weighted by Gasteiger charge is 2.19. The average Bonchev–Trinajstić information content (AvgIpc) is 3.15. The van der Waals surface area contributed by atoms with Gasteiger partial charge >= 0.3 is 0 Å². The fraction of sp³-hybridized carbons (Fsp3) is 0.467. The number of hydrogen-bond acceptors (Lipinski definition) is 4. The van der Waals surface area contributed by atoms with Crippen LogP contribution >= 0.6 is 11.6 Å². The van der Waals surface area contributed by atoms with Crippen molar-refractivity contribution in [2.75, 3.05) is 0 Å². The first kappa shape index (κ1) is 14.5. The molecule has 2 aromatic heterocycles. The van der Waals surface area contributed by atoms with Crippen LogP contribution in [0.5, 0.6) is 0 Å². The summed E-state index contributed by atoms with van der Waals surface area (Å²) >= 11 is 5.94. The van der Waals surface area contributed by atoms with Gasteiger partial charge in [0.1, 0.15) is 5.15 Å². The van der Waals surface area contributed by atoms with Crippen LogP contribution in [0.3, 0.4) is 0 Å². The average molecular weight is 306 g/mol. The molecule has 0 saturated heterocycles. The minimum atomic E-state index is -0.0163. The second-order valence-electron chi connectivity index (χ2n) is 5.56. The summed E-state index contributed by atoms with van der Waals surface area (Å²) in [6.07, 6.45) is 9.60. The number of hydrazine groups is 1. The first-order valence-corrected chi connectivity index (χ1v) is 7.75. The maximum absolute atomic E-state index is 5.94. The molecule has 0 spiro atoms. The van der Waals surface area contributed by atoms with Crippen LogP contribution in [0.4, 0.5) is 0 Å². The first-order chi connectivity index (χ1) is 10.3. The van der Waals surface area contributed by atoms with E-state index in [1.54, 1.807) is 6.20 Å². The lowest BCUT2D eigenvalue weighted by Gasteiger charge is -2.15. The van der Waals surface area contributed by atoms with Gasteiger partial charge in [0.2, 0.25) is 0 Å². The van der Waals surface area contributed by atoms with Gasteiger partial charge in [0.25, 0.3) is 0 Å². The molecule has 21 heavy (non-hydrogen) atoms. The van der Waals surface area contributed by atoms with Crippen molar-refractivity contribution >= 4 is 11.6 Å². The Morgan fingerprint density at radius 2 is 2.19 bits per heavy atom. The molecule has 1 unspecified atom stereocenters. The van der Waals surface area contributed by atoms with Gasteiger partial charge in [-0.05, 0) is 36.6 Å². The van der Waals surface area contributed by atoms with Gasteiger partial charge in [-0.2, -0.15) is 5.10 Å². The molecule has 0 amide bonds. The van der Waals surface area contributed by atoms with Crippen LogP contribution in [0.25, 0.3) is 0 Å². The molecular formula is C15H20ClN5. The molecule has 112 valence electrons. The molecule has 1 fully saturated rings. The van der Waals surface area contributed by atoms with E-state index in [1.807, 2.05) is 12.1 Å². The summed E-state index contributed by atoms with van der Waals surface area (Å²) in [5.74, 6) is 5.68. The van der Waals surface area contributed by atoms with E-state index in [4.69, 9.17) is 22.5 Å². The molecule has 0 aromatic carbocycles. The Balaban J connectivity index is 1.72. The summed E-state index contributed by atoms with van der Waals surface area (Å²) in [5.41, 5.74) is 4.90. The van der Waals surface area contributed by atoms with Crippen molar-refractivity contribution in [1.82, 2.24) is 20.2 Å². The molecule has 1 atom stereocenters. The van der Waals surface area contributed by atoms with E-state index in [-0.39, 0.29) is 6.04 Å². The van der Waals surface area contributed by atoms with Gasteiger partial charge in [0.05, 0.1) is 17.8 Å². The summed E-state index contributed by atoms with van der Waals surface area (Å²) in [5, 5.41) is 5.18. The smallest absolute Gasteiger partial charge is 0.129 e. The van der Waals surface area contributed by atoms with Crippen LogP contribution in [0.1, 0.15) is 49.0 Å². The second-order valence-corrected chi connectivity index (χ2v) is 5.95. The van der Waals surface area contributed by atoms with E-state index in [9.17, 15) is 0 Å². The molecule has 6 heteroatoms. The Hall–Kier alpha value is -1.43. The number of hydrogen-bond donors (Lipinski definition) is 2. The topological polar surface area (TPSA) is 68.8 Å². The van der Waals surface area contributed by atoms with Crippen LogP contribution in [0, 0.1) is 0 Å². The Labute approximate surface area is 129 Å². The van der Waals surface area contributed by atoms with Gasteiger partial charge in [-0.3, -0.25) is 16.0 Å². The van der Waals surface area contributed by atoms with Crippen molar-refractivity contribution < 1.29 is 0 Å². The largest absolute Gasteiger partial charge is 0.271 e. The summed E-state index contributed by atoms with van der Waals surface area (Å²) in [7, 11) is 0. The molecule has 0 bridgehead atoms. The number of nitrogens with zero attached hydrogens (tertiary/aromatic N) is 3. The first-order valence-electron chi connectivity index (χ1n) is 7.38. The zero-order valence-electron chi connectivity index (χ0n) is 11.9. The van der Waals surface area contributed by atoms with Gasteiger partial charge in [-0.1, -0.05) is 24.4 Å². The summed E-state index contributed by atoms with van der Waals surface area (Å²) in [6, 6.07) is 6.38. The molecule has 1 aliphatic carbocycles. The standard InChI is InChI=1S/C15H20ClN5/c16-15-9-11(5-7-18-15)14(19-17)10-12-6-8-21(20-12)13-3-1-2-4-13/h5-9,13-14,19H,1-4,10,17H2. The highest BCUT2D eigenvalue weighted by Crippen LogP contribution is 2.29. The van der Waals surface area contributed by atoms with Gasteiger partial charge in [0.15, 0.2) is 0 Å². The molecule has 2 aromatic rings. The Morgan fingerprint density at radius 1 is 1.38 bits per heavy atom. The quantitative estimate of drug-likeness (QED) is 0.506. The fourth-order valence-corrected chi connectivity index (χ4v) is 3.16. The van der Waals surface area contributed by atoms with Gasteiger partial charge in [-0.15, -0.1) is 0 Å². The number of nitrogens with one attached hydrogen (secondary N) is 1. The normalized spacial score (nSPS) is 17.2. The van der Waals surface area contributed by atoms with Crippen molar-refractivity contribution in [3.05, 3.63) is 47.0 Å². The van der Waals surface area contributed by atoms with Gasteiger partial charge in [0, 0.05) is 18.8 Å². The number of halogens is 1. The molecule has 0 aliphatic heterocycles. The molecule has 5 nitrogen and oxygen atoms in total. The lowest BCUT2D eigenvalue weighted by atomic mass is 10.0. The van der Waals surface area contributed by atoms with Crippen LogP contribution in [-0.4, -0.2) is 14.8 Å². The van der Waals surface area contributed by atoms with Gasteiger partial charge in [-0.25, -0.2) is 4.98 Å². The molecule has 3 rings (SSSR count). The predicted octanol–water partition coefficient (Wildman–Crippen LogP) is 2.79. The third kappa shape index (κ3) is 3.43. The summed E-state index contributed by atoms with van der Waals surface area (Å²) in [4.78, 5) is 4.00. The Kier molecular flexibility index (Phi) is 4.53. The van der Waals surface area contributed by atoms with E-state index in [1.165, 1.54) is 25.7 Å². The Morgan fingerprint density at radius 3 is 2.90 bits per heavy atom. The SMILES string of the molecule is NNC(Cc1ccn(C2CCCC2)n1)c1ccnc(Cl)c1. The van der Waals surface area contributed by atoms with Crippen molar-refractivity contribution in [3.63, 3.8) is 0 Å². The van der Waals surface area contributed by atoms with E-state index in [2.05, 4.69) is 27.4 Å². The zero-order valence-corrected chi connectivity index (χ0v) is 12.6. The number of nitrogens with two attached hydrogens (primary N) is 1. The van der Waals surface area contributed by atoms with Crippen LogP contribution in [0.15, 0.2) is 30.6 Å². The molecular weight excluding hydrogens is 286 g/mol. The van der Waals surface area contributed by atoms with E-state index >= 15 is 0 Å². The predicted molar refractivity (Wildman–Crippen MR) is 82.7 cm³/mol. The highest BCUT2D eigenvalue weighted by molar-refractivity contribution is 6.29.